The standard InChI is InChI=1S/C17H20N2O3/c20-16-11-14(18-15-7-3-4-10-19(15)16)12-22-17(21)9-8-13-5-1-2-6-13/h3-4,7,10-11,13H,1-2,5-6,8-9,12H2. The molecule has 2 heterocycles. The van der Waals surface area contributed by atoms with Gasteiger partial charge in [-0.3, -0.25) is 14.0 Å². The summed E-state index contributed by atoms with van der Waals surface area (Å²) in [5, 5.41) is 0. The molecule has 0 spiro atoms. The van der Waals surface area contributed by atoms with Crippen LogP contribution in [0.3, 0.4) is 0 Å². The molecule has 0 unspecified atom stereocenters. The molecule has 1 aliphatic carbocycles. The molecule has 0 saturated heterocycles. The summed E-state index contributed by atoms with van der Waals surface area (Å²) in [5.74, 6) is 0.470. The highest BCUT2D eigenvalue weighted by molar-refractivity contribution is 5.69. The fourth-order valence-corrected chi connectivity index (χ4v) is 3.02. The number of pyridine rings is 1. The van der Waals surface area contributed by atoms with Crippen LogP contribution in [-0.2, 0) is 16.1 Å². The third kappa shape index (κ3) is 3.53. The van der Waals surface area contributed by atoms with Crippen LogP contribution < -0.4 is 5.56 Å². The number of nitrogens with zero attached hydrogens (tertiary/aromatic N) is 2. The second-order valence-electron chi connectivity index (χ2n) is 5.86. The molecule has 0 bridgehead atoms. The predicted octanol–water partition coefficient (Wildman–Crippen LogP) is 2.71. The zero-order valence-electron chi connectivity index (χ0n) is 12.5. The molecule has 0 aliphatic heterocycles. The first-order chi connectivity index (χ1) is 10.7. The summed E-state index contributed by atoms with van der Waals surface area (Å²) in [5.41, 5.74) is 0.889. The average Bonchev–Trinajstić information content (AvgIpc) is 3.04. The highest BCUT2D eigenvalue weighted by atomic mass is 16.5. The molecule has 22 heavy (non-hydrogen) atoms. The van der Waals surface area contributed by atoms with Gasteiger partial charge in [-0.15, -0.1) is 0 Å². The van der Waals surface area contributed by atoms with Crippen molar-refractivity contribution in [3.05, 3.63) is 46.5 Å². The molecule has 1 fully saturated rings. The normalized spacial score (nSPS) is 15.3. The van der Waals surface area contributed by atoms with Gasteiger partial charge in [0, 0.05) is 18.7 Å². The van der Waals surface area contributed by atoms with Crippen molar-refractivity contribution in [2.75, 3.05) is 0 Å². The third-order valence-corrected chi connectivity index (χ3v) is 4.24. The SMILES string of the molecule is O=C(CCC1CCCC1)OCc1cc(=O)n2ccccc2n1. The van der Waals surface area contributed by atoms with Gasteiger partial charge >= 0.3 is 5.97 Å². The molecule has 2 aromatic rings. The molecule has 2 aromatic heterocycles. The fraction of sp³-hybridized carbons (Fsp3) is 0.471. The van der Waals surface area contributed by atoms with E-state index in [4.69, 9.17) is 4.74 Å². The lowest BCUT2D eigenvalue weighted by molar-refractivity contribution is -0.145. The molecular weight excluding hydrogens is 280 g/mol. The van der Waals surface area contributed by atoms with Crippen molar-refractivity contribution in [3.63, 3.8) is 0 Å². The van der Waals surface area contributed by atoms with E-state index >= 15 is 0 Å². The molecule has 0 N–H and O–H groups in total. The zero-order valence-corrected chi connectivity index (χ0v) is 12.5. The number of esters is 1. The van der Waals surface area contributed by atoms with Crippen LogP contribution in [0, 0.1) is 5.92 Å². The van der Waals surface area contributed by atoms with Gasteiger partial charge in [-0.2, -0.15) is 0 Å². The molecule has 0 radical (unpaired) electrons. The minimum Gasteiger partial charge on any atom is -0.459 e. The maximum absolute atomic E-state index is 11.9. The van der Waals surface area contributed by atoms with Crippen molar-refractivity contribution in [3.8, 4) is 0 Å². The lowest BCUT2D eigenvalue weighted by Gasteiger charge is -2.09. The van der Waals surface area contributed by atoms with E-state index in [2.05, 4.69) is 4.98 Å². The second kappa shape index (κ2) is 6.73. The number of fused-ring (bicyclic) bond motifs is 1. The highest BCUT2D eigenvalue weighted by Crippen LogP contribution is 2.28. The van der Waals surface area contributed by atoms with Gasteiger partial charge in [0.1, 0.15) is 12.3 Å². The predicted molar refractivity (Wildman–Crippen MR) is 82.5 cm³/mol. The average molecular weight is 300 g/mol. The van der Waals surface area contributed by atoms with Crippen molar-refractivity contribution in [1.29, 1.82) is 0 Å². The Hall–Kier alpha value is -2.17. The van der Waals surface area contributed by atoms with Crippen molar-refractivity contribution >= 4 is 11.6 Å². The molecular formula is C17H20N2O3. The van der Waals surface area contributed by atoms with E-state index in [0.717, 1.165) is 6.42 Å². The topological polar surface area (TPSA) is 60.7 Å². The summed E-state index contributed by atoms with van der Waals surface area (Å²) >= 11 is 0. The lowest BCUT2D eigenvalue weighted by atomic mass is 10.0. The van der Waals surface area contributed by atoms with Gasteiger partial charge in [-0.1, -0.05) is 31.7 Å². The van der Waals surface area contributed by atoms with Crippen LogP contribution in [0.4, 0.5) is 0 Å². The number of rotatable bonds is 5. The Morgan fingerprint density at radius 2 is 2.14 bits per heavy atom. The minimum absolute atomic E-state index is 0.0597. The van der Waals surface area contributed by atoms with Crippen LogP contribution in [0.1, 0.15) is 44.2 Å². The summed E-state index contributed by atoms with van der Waals surface area (Å²) in [7, 11) is 0. The zero-order chi connectivity index (χ0) is 15.4. The third-order valence-electron chi connectivity index (χ3n) is 4.24. The molecule has 0 aromatic carbocycles. The van der Waals surface area contributed by atoms with Crippen molar-refractivity contribution in [2.24, 2.45) is 5.92 Å². The molecule has 3 rings (SSSR count). The number of hydrogen-bond acceptors (Lipinski definition) is 4. The molecule has 5 heteroatoms. The van der Waals surface area contributed by atoms with Gasteiger partial charge in [-0.05, 0) is 24.5 Å². The molecule has 1 saturated carbocycles. The molecule has 116 valence electrons. The molecule has 1 aliphatic rings. The smallest absolute Gasteiger partial charge is 0.306 e. The molecule has 0 amide bonds. The maximum atomic E-state index is 11.9. The summed E-state index contributed by atoms with van der Waals surface area (Å²) in [6.07, 6.45) is 8.06. The quantitative estimate of drug-likeness (QED) is 0.797. The van der Waals surface area contributed by atoms with E-state index in [9.17, 15) is 9.59 Å². The van der Waals surface area contributed by atoms with Crippen LogP contribution in [0.25, 0.3) is 5.65 Å². The number of carbonyl (C=O) groups excluding carboxylic acids is 1. The van der Waals surface area contributed by atoms with E-state index in [1.165, 1.54) is 36.2 Å². The Labute approximate surface area is 128 Å². The Morgan fingerprint density at radius 1 is 1.32 bits per heavy atom. The van der Waals surface area contributed by atoms with Crippen molar-refractivity contribution < 1.29 is 9.53 Å². The minimum atomic E-state index is -0.207. The number of hydrogen-bond donors (Lipinski definition) is 0. The second-order valence-corrected chi connectivity index (χ2v) is 5.86. The van der Waals surface area contributed by atoms with Crippen LogP contribution in [-0.4, -0.2) is 15.4 Å². The first kappa shape index (κ1) is 14.8. The Bertz CT molecular complexity index is 717. The summed E-state index contributed by atoms with van der Waals surface area (Å²) in [4.78, 5) is 28.0. The molecule has 5 nitrogen and oxygen atoms in total. The summed E-state index contributed by atoms with van der Waals surface area (Å²) in [6.45, 7) is 0.0597. The van der Waals surface area contributed by atoms with Crippen LogP contribution in [0.2, 0.25) is 0 Å². The van der Waals surface area contributed by atoms with E-state index in [1.807, 2.05) is 6.07 Å². The monoisotopic (exact) mass is 300 g/mol. The Balaban J connectivity index is 1.56. The Morgan fingerprint density at radius 3 is 2.95 bits per heavy atom. The van der Waals surface area contributed by atoms with Crippen molar-refractivity contribution in [2.45, 2.75) is 45.1 Å². The van der Waals surface area contributed by atoms with Gasteiger partial charge in [0.25, 0.3) is 5.56 Å². The largest absolute Gasteiger partial charge is 0.459 e. The summed E-state index contributed by atoms with van der Waals surface area (Å²) in [6, 6.07) is 6.77. The van der Waals surface area contributed by atoms with Crippen molar-refractivity contribution in [1.82, 2.24) is 9.38 Å². The van der Waals surface area contributed by atoms with E-state index in [0.29, 0.717) is 23.7 Å². The lowest BCUT2D eigenvalue weighted by Crippen LogP contribution is -2.16. The van der Waals surface area contributed by atoms with Gasteiger partial charge in [0.15, 0.2) is 0 Å². The van der Waals surface area contributed by atoms with E-state index in [1.54, 1.807) is 18.3 Å². The van der Waals surface area contributed by atoms with E-state index in [-0.39, 0.29) is 18.1 Å². The van der Waals surface area contributed by atoms with Crippen LogP contribution in [0.15, 0.2) is 35.3 Å². The van der Waals surface area contributed by atoms with E-state index < -0.39 is 0 Å². The maximum Gasteiger partial charge on any atom is 0.306 e. The van der Waals surface area contributed by atoms with Gasteiger partial charge in [0.2, 0.25) is 0 Å². The first-order valence-corrected chi connectivity index (χ1v) is 7.85. The number of carbonyl (C=O) groups is 1. The van der Waals surface area contributed by atoms with Gasteiger partial charge in [0.05, 0.1) is 5.69 Å². The number of aromatic nitrogens is 2. The highest BCUT2D eigenvalue weighted by Gasteiger charge is 2.16. The van der Waals surface area contributed by atoms with Gasteiger partial charge in [-0.25, -0.2) is 4.98 Å². The molecule has 0 atom stereocenters. The Kier molecular flexibility index (Phi) is 4.51. The number of ether oxygens (including phenoxy) is 1. The van der Waals surface area contributed by atoms with Gasteiger partial charge < -0.3 is 4.74 Å². The fourth-order valence-electron chi connectivity index (χ4n) is 3.02. The first-order valence-electron chi connectivity index (χ1n) is 7.85. The van der Waals surface area contributed by atoms with Crippen LogP contribution in [0.5, 0.6) is 0 Å². The van der Waals surface area contributed by atoms with Crippen LogP contribution >= 0.6 is 0 Å². The summed E-state index contributed by atoms with van der Waals surface area (Å²) < 4.78 is 6.71.